The van der Waals surface area contributed by atoms with Gasteiger partial charge in [0.1, 0.15) is 6.04 Å². The zero-order valence-corrected chi connectivity index (χ0v) is 18.4. The van der Waals surface area contributed by atoms with E-state index in [1.165, 1.54) is 5.56 Å². The molecule has 0 heterocycles. The van der Waals surface area contributed by atoms with Gasteiger partial charge in [-0.25, -0.2) is 0 Å². The maximum atomic E-state index is 13.2. The van der Waals surface area contributed by atoms with Crippen molar-refractivity contribution in [1.82, 2.24) is 10.2 Å². The first-order chi connectivity index (χ1) is 13.7. The SMILES string of the molecule is CCC(C(=O)NC(C)(C)C)N(Cc1ccccc1)C(=O)CCc1ccc(C)cc1. The van der Waals surface area contributed by atoms with Gasteiger partial charge in [-0.05, 0) is 51.7 Å². The summed E-state index contributed by atoms with van der Waals surface area (Å²) < 4.78 is 0. The van der Waals surface area contributed by atoms with Crippen LogP contribution < -0.4 is 5.32 Å². The minimum absolute atomic E-state index is 0.00494. The molecule has 0 aliphatic rings. The van der Waals surface area contributed by atoms with Crippen LogP contribution in [0.1, 0.15) is 57.2 Å². The Balaban J connectivity index is 2.19. The van der Waals surface area contributed by atoms with Gasteiger partial charge in [0.2, 0.25) is 11.8 Å². The van der Waals surface area contributed by atoms with Gasteiger partial charge in [-0.1, -0.05) is 67.1 Å². The quantitative estimate of drug-likeness (QED) is 0.708. The summed E-state index contributed by atoms with van der Waals surface area (Å²) in [5.41, 5.74) is 3.03. The Bertz CT molecular complexity index is 792. The Morgan fingerprint density at radius 1 is 0.966 bits per heavy atom. The molecule has 0 saturated heterocycles. The van der Waals surface area contributed by atoms with E-state index in [0.29, 0.717) is 25.8 Å². The summed E-state index contributed by atoms with van der Waals surface area (Å²) in [6.07, 6.45) is 1.63. The van der Waals surface area contributed by atoms with Crippen LogP contribution in [-0.2, 0) is 22.6 Å². The second kappa shape index (κ2) is 10.2. The van der Waals surface area contributed by atoms with E-state index in [0.717, 1.165) is 11.1 Å². The topological polar surface area (TPSA) is 49.4 Å². The maximum absolute atomic E-state index is 13.2. The fraction of sp³-hybridized carbons (Fsp3) is 0.440. The molecular formula is C25H34N2O2. The third-order valence-corrected chi connectivity index (χ3v) is 4.83. The highest BCUT2D eigenvalue weighted by molar-refractivity contribution is 5.88. The van der Waals surface area contributed by atoms with Crippen LogP contribution in [0.15, 0.2) is 54.6 Å². The van der Waals surface area contributed by atoms with Crippen LogP contribution in [0.2, 0.25) is 0 Å². The van der Waals surface area contributed by atoms with Crippen molar-refractivity contribution in [2.45, 2.75) is 72.0 Å². The molecule has 1 unspecified atom stereocenters. The minimum Gasteiger partial charge on any atom is -0.350 e. The molecule has 2 amide bonds. The lowest BCUT2D eigenvalue weighted by atomic mass is 10.0. The van der Waals surface area contributed by atoms with Gasteiger partial charge in [-0.2, -0.15) is 0 Å². The van der Waals surface area contributed by atoms with Crippen LogP contribution in [0, 0.1) is 6.92 Å². The van der Waals surface area contributed by atoms with Crippen molar-refractivity contribution >= 4 is 11.8 Å². The van der Waals surface area contributed by atoms with Gasteiger partial charge in [-0.15, -0.1) is 0 Å². The van der Waals surface area contributed by atoms with Crippen molar-refractivity contribution in [1.29, 1.82) is 0 Å². The molecule has 0 aliphatic heterocycles. The Hall–Kier alpha value is -2.62. The maximum Gasteiger partial charge on any atom is 0.243 e. The van der Waals surface area contributed by atoms with E-state index in [9.17, 15) is 9.59 Å². The van der Waals surface area contributed by atoms with E-state index in [1.54, 1.807) is 4.90 Å². The van der Waals surface area contributed by atoms with Gasteiger partial charge in [0.15, 0.2) is 0 Å². The molecule has 0 radical (unpaired) electrons. The van der Waals surface area contributed by atoms with E-state index in [-0.39, 0.29) is 17.4 Å². The Morgan fingerprint density at radius 2 is 1.59 bits per heavy atom. The number of aryl methyl sites for hydroxylation is 2. The average Bonchev–Trinajstić information content (AvgIpc) is 2.66. The van der Waals surface area contributed by atoms with E-state index >= 15 is 0 Å². The summed E-state index contributed by atoms with van der Waals surface area (Å²) in [6.45, 7) is 10.3. The lowest BCUT2D eigenvalue weighted by Gasteiger charge is -2.33. The summed E-state index contributed by atoms with van der Waals surface area (Å²) in [4.78, 5) is 27.9. The Morgan fingerprint density at radius 3 is 2.14 bits per heavy atom. The van der Waals surface area contributed by atoms with Crippen molar-refractivity contribution in [2.75, 3.05) is 0 Å². The predicted molar refractivity (Wildman–Crippen MR) is 118 cm³/mol. The molecule has 2 aromatic carbocycles. The molecule has 0 aliphatic carbocycles. The molecule has 0 spiro atoms. The number of benzene rings is 2. The van der Waals surface area contributed by atoms with Crippen LogP contribution in [-0.4, -0.2) is 28.3 Å². The molecule has 0 aromatic heterocycles. The fourth-order valence-electron chi connectivity index (χ4n) is 3.30. The Labute approximate surface area is 175 Å². The summed E-state index contributed by atoms with van der Waals surface area (Å²) in [7, 11) is 0. The highest BCUT2D eigenvalue weighted by Gasteiger charge is 2.30. The molecule has 2 aromatic rings. The van der Waals surface area contributed by atoms with E-state index in [1.807, 2.05) is 58.0 Å². The number of amides is 2. The summed E-state index contributed by atoms with van der Waals surface area (Å²) in [5.74, 6) is -0.0926. The molecule has 2 rings (SSSR count). The molecule has 156 valence electrons. The lowest BCUT2D eigenvalue weighted by molar-refractivity contribution is -0.142. The van der Waals surface area contributed by atoms with Crippen LogP contribution in [0.25, 0.3) is 0 Å². The summed E-state index contributed by atoms with van der Waals surface area (Å²) in [5, 5.41) is 3.04. The molecule has 0 saturated carbocycles. The van der Waals surface area contributed by atoms with Crippen molar-refractivity contribution in [3.8, 4) is 0 Å². The first kappa shape index (κ1) is 22.7. The largest absolute Gasteiger partial charge is 0.350 e. The van der Waals surface area contributed by atoms with Gasteiger partial charge in [0, 0.05) is 18.5 Å². The number of nitrogens with one attached hydrogen (secondary N) is 1. The van der Waals surface area contributed by atoms with Gasteiger partial charge >= 0.3 is 0 Å². The monoisotopic (exact) mass is 394 g/mol. The normalized spacial score (nSPS) is 12.3. The molecule has 4 heteroatoms. The fourth-order valence-corrected chi connectivity index (χ4v) is 3.30. The van der Waals surface area contributed by atoms with Crippen molar-refractivity contribution in [3.05, 3.63) is 71.3 Å². The zero-order chi connectivity index (χ0) is 21.4. The van der Waals surface area contributed by atoms with Gasteiger partial charge in [0.05, 0.1) is 0 Å². The van der Waals surface area contributed by atoms with Crippen LogP contribution in [0.3, 0.4) is 0 Å². The number of rotatable bonds is 8. The van der Waals surface area contributed by atoms with Crippen molar-refractivity contribution in [3.63, 3.8) is 0 Å². The van der Waals surface area contributed by atoms with Crippen LogP contribution in [0.5, 0.6) is 0 Å². The predicted octanol–water partition coefficient (Wildman–Crippen LogP) is 4.65. The molecule has 0 bridgehead atoms. The van der Waals surface area contributed by atoms with Crippen LogP contribution in [0.4, 0.5) is 0 Å². The number of hydrogen-bond acceptors (Lipinski definition) is 2. The lowest BCUT2D eigenvalue weighted by Crippen LogP contribution is -2.53. The number of hydrogen-bond donors (Lipinski definition) is 1. The van der Waals surface area contributed by atoms with Gasteiger partial charge < -0.3 is 10.2 Å². The highest BCUT2D eigenvalue weighted by atomic mass is 16.2. The van der Waals surface area contributed by atoms with Crippen LogP contribution >= 0.6 is 0 Å². The smallest absolute Gasteiger partial charge is 0.243 e. The molecule has 1 N–H and O–H groups in total. The van der Waals surface area contributed by atoms with Gasteiger partial charge in [0.25, 0.3) is 0 Å². The highest BCUT2D eigenvalue weighted by Crippen LogP contribution is 2.16. The minimum atomic E-state index is -0.486. The molecule has 29 heavy (non-hydrogen) atoms. The first-order valence-corrected chi connectivity index (χ1v) is 10.4. The first-order valence-electron chi connectivity index (χ1n) is 10.4. The second-order valence-electron chi connectivity index (χ2n) is 8.66. The third kappa shape index (κ3) is 7.37. The van der Waals surface area contributed by atoms with Crippen molar-refractivity contribution in [2.24, 2.45) is 0 Å². The standard InChI is InChI=1S/C25H34N2O2/c1-6-22(24(29)26-25(3,4)5)27(18-21-10-8-7-9-11-21)23(28)17-16-20-14-12-19(2)13-15-20/h7-15,22H,6,16-18H2,1-5H3,(H,26,29). The average molecular weight is 395 g/mol. The van der Waals surface area contributed by atoms with E-state index < -0.39 is 6.04 Å². The Kier molecular flexibility index (Phi) is 8.00. The molecular weight excluding hydrogens is 360 g/mol. The zero-order valence-electron chi connectivity index (χ0n) is 18.4. The second-order valence-corrected chi connectivity index (χ2v) is 8.66. The summed E-state index contributed by atoms with van der Waals surface area (Å²) >= 11 is 0. The number of carbonyl (C=O) groups excluding carboxylic acids is 2. The van der Waals surface area contributed by atoms with Crippen molar-refractivity contribution < 1.29 is 9.59 Å². The summed E-state index contributed by atoms with van der Waals surface area (Å²) in [6, 6.07) is 17.6. The third-order valence-electron chi connectivity index (χ3n) is 4.83. The molecule has 0 fully saturated rings. The van der Waals surface area contributed by atoms with E-state index in [2.05, 4.69) is 36.5 Å². The van der Waals surface area contributed by atoms with E-state index in [4.69, 9.17) is 0 Å². The molecule has 1 atom stereocenters. The number of nitrogens with zero attached hydrogens (tertiary/aromatic N) is 1. The molecule has 4 nitrogen and oxygen atoms in total. The number of carbonyl (C=O) groups is 2. The van der Waals surface area contributed by atoms with Gasteiger partial charge in [-0.3, -0.25) is 9.59 Å².